The van der Waals surface area contributed by atoms with Gasteiger partial charge in [0.05, 0.1) is 4.92 Å². The second kappa shape index (κ2) is 6.93. The average Bonchev–Trinajstić information content (AvgIpc) is 3.15. The van der Waals surface area contributed by atoms with Gasteiger partial charge in [0.1, 0.15) is 0 Å². The van der Waals surface area contributed by atoms with Crippen LogP contribution in [0.5, 0.6) is 0 Å². The predicted molar refractivity (Wildman–Crippen MR) is 98.5 cm³/mol. The van der Waals surface area contributed by atoms with Gasteiger partial charge in [-0.1, -0.05) is 0 Å². The molecule has 0 aromatic heterocycles. The van der Waals surface area contributed by atoms with Crippen LogP contribution in [-0.2, 0) is 0 Å². The summed E-state index contributed by atoms with van der Waals surface area (Å²) in [6.45, 7) is 3.80. The van der Waals surface area contributed by atoms with E-state index in [2.05, 4.69) is 4.90 Å². The molecule has 6 heteroatoms. The minimum Gasteiger partial charge on any atom is -0.372 e. The number of carbonyl (C=O) groups excluding carboxylic acids is 1. The summed E-state index contributed by atoms with van der Waals surface area (Å²) in [4.78, 5) is 27.0. The molecule has 0 spiro atoms. The molecule has 1 aliphatic heterocycles. The minimum absolute atomic E-state index is 0.0224. The Labute approximate surface area is 146 Å². The summed E-state index contributed by atoms with van der Waals surface area (Å²) < 4.78 is 0. The van der Waals surface area contributed by atoms with Gasteiger partial charge in [0.25, 0.3) is 11.6 Å². The van der Waals surface area contributed by atoms with E-state index in [9.17, 15) is 14.9 Å². The summed E-state index contributed by atoms with van der Waals surface area (Å²) in [6, 6.07) is 12.4. The lowest BCUT2D eigenvalue weighted by Gasteiger charge is -2.21. The van der Waals surface area contributed by atoms with E-state index >= 15 is 0 Å². The summed E-state index contributed by atoms with van der Waals surface area (Å²) in [5.41, 5.74) is 2.91. The monoisotopic (exact) mass is 339 g/mol. The number of aryl methyl sites for hydroxylation is 1. The standard InChI is InChI=1S/C19H21N3O3/c1-14-13-15(5-10-18(14)22(24)25)19(23)20(2)16-6-8-17(9-7-16)21-11-3-4-12-21/h5-10,13H,3-4,11-12H2,1-2H3. The number of hydrogen-bond acceptors (Lipinski definition) is 4. The van der Waals surface area contributed by atoms with Crippen LogP contribution in [0.2, 0.25) is 0 Å². The van der Waals surface area contributed by atoms with Crippen molar-refractivity contribution in [2.24, 2.45) is 0 Å². The first kappa shape index (κ1) is 17.0. The number of amides is 1. The zero-order valence-electron chi connectivity index (χ0n) is 14.4. The van der Waals surface area contributed by atoms with Crippen molar-refractivity contribution >= 4 is 23.0 Å². The van der Waals surface area contributed by atoms with Crippen molar-refractivity contribution in [3.8, 4) is 0 Å². The topological polar surface area (TPSA) is 66.7 Å². The summed E-state index contributed by atoms with van der Waals surface area (Å²) in [7, 11) is 1.71. The molecule has 6 nitrogen and oxygen atoms in total. The molecular formula is C19H21N3O3. The molecule has 0 unspecified atom stereocenters. The third-order valence-corrected chi connectivity index (χ3v) is 4.65. The lowest BCUT2D eigenvalue weighted by molar-refractivity contribution is -0.385. The number of anilines is 2. The normalized spacial score (nSPS) is 13.8. The first-order valence-corrected chi connectivity index (χ1v) is 8.35. The molecule has 2 aromatic rings. The Bertz CT molecular complexity index is 796. The summed E-state index contributed by atoms with van der Waals surface area (Å²) >= 11 is 0. The SMILES string of the molecule is Cc1cc(C(=O)N(C)c2ccc(N3CCCC3)cc2)ccc1[N+](=O)[O-]. The lowest BCUT2D eigenvalue weighted by atomic mass is 10.1. The smallest absolute Gasteiger partial charge is 0.272 e. The molecule has 1 aliphatic rings. The van der Waals surface area contributed by atoms with Gasteiger partial charge in [-0.2, -0.15) is 0 Å². The first-order valence-electron chi connectivity index (χ1n) is 8.35. The van der Waals surface area contributed by atoms with Gasteiger partial charge in [-0.3, -0.25) is 14.9 Å². The Hall–Kier alpha value is -2.89. The van der Waals surface area contributed by atoms with E-state index in [-0.39, 0.29) is 11.6 Å². The van der Waals surface area contributed by atoms with Crippen LogP contribution in [0.25, 0.3) is 0 Å². The van der Waals surface area contributed by atoms with E-state index in [1.54, 1.807) is 24.9 Å². The zero-order chi connectivity index (χ0) is 18.0. The quantitative estimate of drug-likeness (QED) is 0.628. The Morgan fingerprint density at radius 1 is 1.12 bits per heavy atom. The van der Waals surface area contributed by atoms with E-state index in [1.807, 2.05) is 24.3 Å². The molecule has 0 N–H and O–H groups in total. The van der Waals surface area contributed by atoms with Crippen LogP contribution in [-0.4, -0.2) is 31.0 Å². The van der Waals surface area contributed by atoms with Crippen LogP contribution in [0.3, 0.4) is 0 Å². The number of benzene rings is 2. The number of rotatable bonds is 4. The van der Waals surface area contributed by atoms with Crippen molar-refractivity contribution < 1.29 is 9.72 Å². The number of carbonyl (C=O) groups is 1. The van der Waals surface area contributed by atoms with E-state index in [4.69, 9.17) is 0 Å². The van der Waals surface area contributed by atoms with Crippen molar-refractivity contribution in [1.29, 1.82) is 0 Å². The highest BCUT2D eigenvalue weighted by Gasteiger charge is 2.18. The summed E-state index contributed by atoms with van der Waals surface area (Å²) in [5.74, 6) is -0.188. The molecule has 25 heavy (non-hydrogen) atoms. The lowest BCUT2D eigenvalue weighted by Crippen LogP contribution is -2.26. The van der Waals surface area contributed by atoms with Crippen LogP contribution in [0.15, 0.2) is 42.5 Å². The molecule has 2 aromatic carbocycles. The maximum Gasteiger partial charge on any atom is 0.272 e. The second-order valence-corrected chi connectivity index (χ2v) is 6.33. The molecule has 3 rings (SSSR count). The Morgan fingerprint density at radius 3 is 2.32 bits per heavy atom. The van der Waals surface area contributed by atoms with Crippen LogP contribution in [0.4, 0.5) is 17.1 Å². The molecule has 0 atom stereocenters. The van der Waals surface area contributed by atoms with Gasteiger partial charge in [-0.05, 0) is 56.2 Å². The number of hydrogen-bond donors (Lipinski definition) is 0. The van der Waals surface area contributed by atoms with Gasteiger partial charge < -0.3 is 9.80 Å². The third kappa shape index (κ3) is 3.47. The van der Waals surface area contributed by atoms with Crippen LogP contribution < -0.4 is 9.80 Å². The third-order valence-electron chi connectivity index (χ3n) is 4.65. The fourth-order valence-electron chi connectivity index (χ4n) is 3.17. The number of nitro groups is 1. The Morgan fingerprint density at radius 2 is 1.76 bits per heavy atom. The van der Waals surface area contributed by atoms with Gasteiger partial charge >= 0.3 is 0 Å². The van der Waals surface area contributed by atoms with Gasteiger partial charge in [0.2, 0.25) is 0 Å². The molecule has 0 saturated carbocycles. The molecule has 0 aliphatic carbocycles. The van der Waals surface area contributed by atoms with Gasteiger partial charge in [-0.15, -0.1) is 0 Å². The largest absolute Gasteiger partial charge is 0.372 e. The fourth-order valence-corrected chi connectivity index (χ4v) is 3.17. The molecule has 1 amide bonds. The second-order valence-electron chi connectivity index (χ2n) is 6.33. The van der Waals surface area contributed by atoms with Gasteiger partial charge in [-0.25, -0.2) is 0 Å². The molecule has 1 heterocycles. The van der Waals surface area contributed by atoms with E-state index < -0.39 is 4.92 Å². The fraction of sp³-hybridized carbons (Fsp3) is 0.316. The highest BCUT2D eigenvalue weighted by Crippen LogP contribution is 2.25. The van der Waals surface area contributed by atoms with Crippen LogP contribution in [0.1, 0.15) is 28.8 Å². The maximum atomic E-state index is 12.7. The summed E-state index contributed by atoms with van der Waals surface area (Å²) in [5, 5.41) is 10.9. The molecule has 0 radical (unpaired) electrons. The maximum absolute atomic E-state index is 12.7. The predicted octanol–water partition coefficient (Wildman–Crippen LogP) is 3.78. The van der Waals surface area contributed by atoms with Crippen molar-refractivity contribution in [2.45, 2.75) is 19.8 Å². The molecule has 1 saturated heterocycles. The van der Waals surface area contributed by atoms with Crippen molar-refractivity contribution in [1.82, 2.24) is 0 Å². The van der Waals surface area contributed by atoms with E-state index in [0.29, 0.717) is 11.1 Å². The van der Waals surface area contributed by atoms with Crippen molar-refractivity contribution in [2.75, 3.05) is 29.9 Å². The Kier molecular flexibility index (Phi) is 4.70. The Balaban J connectivity index is 1.77. The number of nitrogens with zero attached hydrogens (tertiary/aromatic N) is 3. The highest BCUT2D eigenvalue weighted by molar-refractivity contribution is 6.06. The zero-order valence-corrected chi connectivity index (χ0v) is 14.4. The molecular weight excluding hydrogens is 318 g/mol. The van der Waals surface area contributed by atoms with Gasteiger partial charge in [0.15, 0.2) is 0 Å². The van der Waals surface area contributed by atoms with Gasteiger partial charge in [0, 0.05) is 48.7 Å². The van der Waals surface area contributed by atoms with Crippen molar-refractivity contribution in [3.63, 3.8) is 0 Å². The van der Waals surface area contributed by atoms with Crippen molar-refractivity contribution in [3.05, 3.63) is 63.7 Å². The summed E-state index contributed by atoms with van der Waals surface area (Å²) in [6.07, 6.45) is 2.44. The first-order chi connectivity index (χ1) is 12.0. The van der Waals surface area contributed by atoms with E-state index in [1.165, 1.54) is 30.7 Å². The highest BCUT2D eigenvalue weighted by atomic mass is 16.6. The molecule has 130 valence electrons. The average molecular weight is 339 g/mol. The van der Waals surface area contributed by atoms with Crippen LogP contribution in [0, 0.1) is 17.0 Å². The molecule has 1 fully saturated rings. The number of nitro benzene ring substituents is 1. The van der Waals surface area contributed by atoms with E-state index in [0.717, 1.165) is 18.8 Å². The minimum atomic E-state index is -0.440. The van der Waals surface area contributed by atoms with Crippen LogP contribution >= 0.6 is 0 Å². The molecule has 0 bridgehead atoms.